The van der Waals surface area contributed by atoms with Gasteiger partial charge in [-0.15, -0.1) is 0 Å². The zero-order valence-corrected chi connectivity index (χ0v) is 11.1. The van der Waals surface area contributed by atoms with Crippen molar-refractivity contribution in [3.63, 3.8) is 0 Å². The van der Waals surface area contributed by atoms with Crippen molar-refractivity contribution in [1.29, 1.82) is 0 Å². The Morgan fingerprint density at radius 1 is 1.53 bits per heavy atom. The minimum atomic E-state index is -0.539. The topological polar surface area (TPSA) is 55.6 Å². The summed E-state index contributed by atoms with van der Waals surface area (Å²) in [5.41, 5.74) is 5.58. The molecule has 4 nitrogen and oxygen atoms in total. The van der Waals surface area contributed by atoms with Gasteiger partial charge in [-0.1, -0.05) is 0 Å². The van der Waals surface area contributed by atoms with Crippen molar-refractivity contribution in [1.82, 2.24) is 4.90 Å². The highest BCUT2D eigenvalue weighted by Crippen LogP contribution is 2.29. The first-order valence-corrected chi connectivity index (χ1v) is 6.52. The molecule has 1 aliphatic carbocycles. The number of hydrogen-bond donors (Lipinski definition) is 1. The molecule has 1 aliphatic rings. The van der Waals surface area contributed by atoms with Crippen LogP contribution in [0.5, 0.6) is 5.75 Å². The molecule has 0 aromatic heterocycles. The number of hydrogen-bond acceptors (Lipinski definition) is 3. The fourth-order valence-electron chi connectivity index (χ4n) is 2.05. The van der Waals surface area contributed by atoms with Gasteiger partial charge in [0.25, 0.3) is 5.91 Å². The van der Waals surface area contributed by atoms with Gasteiger partial charge in [0, 0.05) is 18.7 Å². The first-order valence-electron chi connectivity index (χ1n) is 6.52. The molecule has 0 saturated heterocycles. The fourth-order valence-corrected chi connectivity index (χ4v) is 2.05. The molecule has 0 bridgehead atoms. The molecule has 19 heavy (non-hydrogen) atoms. The lowest BCUT2D eigenvalue weighted by molar-refractivity contribution is 0.0737. The van der Waals surface area contributed by atoms with E-state index in [1.165, 1.54) is 19.2 Å². The molecule has 2 N–H and O–H groups in total. The van der Waals surface area contributed by atoms with Gasteiger partial charge in [-0.3, -0.25) is 4.79 Å². The SMILES string of the molecule is COc1ccc(C(=O)N(CCCN)C2CC2)c(F)c1. The summed E-state index contributed by atoms with van der Waals surface area (Å²) < 4.78 is 18.8. The molecule has 1 amide bonds. The summed E-state index contributed by atoms with van der Waals surface area (Å²) in [6.07, 6.45) is 2.72. The number of carbonyl (C=O) groups excluding carboxylic acids is 1. The summed E-state index contributed by atoms with van der Waals surface area (Å²) in [5.74, 6) is -0.382. The predicted octanol–water partition coefficient (Wildman–Crippen LogP) is 1.79. The minimum Gasteiger partial charge on any atom is -0.497 e. The van der Waals surface area contributed by atoms with Crippen LogP contribution in [0.1, 0.15) is 29.6 Å². The molecule has 0 spiro atoms. The lowest BCUT2D eigenvalue weighted by atomic mass is 10.1. The van der Waals surface area contributed by atoms with Crippen molar-refractivity contribution in [2.45, 2.75) is 25.3 Å². The molecule has 0 radical (unpaired) electrons. The zero-order valence-electron chi connectivity index (χ0n) is 11.1. The van der Waals surface area contributed by atoms with Crippen LogP contribution in [0.2, 0.25) is 0 Å². The van der Waals surface area contributed by atoms with E-state index in [0.717, 1.165) is 19.3 Å². The van der Waals surface area contributed by atoms with Gasteiger partial charge in [0.2, 0.25) is 0 Å². The van der Waals surface area contributed by atoms with E-state index in [1.54, 1.807) is 11.0 Å². The van der Waals surface area contributed by atoms with Crippen LogP contribution >= 0.6 is 0 Å². The summed E-state index contributed by atoms with van der Waals surface area (Å²) in [4.78, 5) is 14.1. The van der Waals surface area contributed by atoms with Gasteiger partial charge in [-0.25, -0.2) is 4.39 Å². The number of rotatable bonds is 6. The standard InChI is InChI=1S/C14H19FN2O2/c1-19-11-5-6-12(13(15)9-11)14(18)17(8-2-7-16)10-3-4-10/h5-6,9-10H,2-4,7-8,16H2,1H3. The molecule has 2 rings (SSSR count). The van der Waals surface area contributed by atoms with Gasteiger partial charge in [-0.2, -0.15) is 0 Å². The van der Waals surface area contributed by atoms with Crippen LogP contribution in [0.3, 0.4) is 0 Å². The number of amides is 1. The van der Waals surface area contributed by atoms with Crippen LogP contribution in [0, 0.1) is 5.82 Å². The van der Waals surface area contributed by atoms with Crippen LogP contribution in [0.15, 0.2) is 18.2 Å². The average molecular weight is 266 g/mol. The van der Waals surface area contributed by atoms with Crippen molar-refractivity contribution < 1.29 is 13.9 Å². The zero-order chi connectivity index (χ0) is 13.8. The Labute approximate surface area is 112 Å². The molecule has 1 fully saturated rings. The van der Waals surface area contributed by atoms with Crippen LogP contribution in [-0.2, 0) is 0 Å². The lowest BCUT2D eigenvalue weighted by Crippen LogP contribution is -2.35. The first kappa shape index (κ1) is 13.8. The highest BCUT2D eigenvalue weighted by atomic mass is 19.1. The monoisotopic (exact) mass is 266 g/mol. The van der Waals surface area contributed by atoms with Gasteiger partial charge in [-0.05, 0) is 37.9 Å². The number of benzene rings is 1. The van der Waals surface area contributed by atoms with Crippen LogP contribution in [0.4, 0.5) is 4.39 Å². The minimum absolute atomic E-state index is 0.102. The second-order valence-corrected chi connectivity index (χ2v) is 4.72. The van der Waals surface area contributed by atoms with E-state index >= 15 is 0 Å². The molecule has 1 aromatic carbocycles. The third-order valence-electron chi connectivity index (χ3n) is 3.26. The summed E-state index contributed by atoms with van der Waals surface area (Å²) >= 11 is 0. The molecule has 5 heteroatoms. The second kappa shape index (κ2) is 6.02. The molecule has 0 heterocycles. The third-order valence-corrected chi connectivity index (χ3v) is 3.26. The Bertz CT molecular complexity index is 461. The van der Waals surface area contributed by atoms with E-state index in [2.05, 4.69) is 0 Å². The van der Waals surface area contributed by atoms with Crippen molar-refractivity contribution in [3.05, 3.63) is 29.6 Å². The quantitative estimate of drug-likeness (QED) is 0.854. The van der Waals surface area contributed by atoms with E-state index in [1.807, 2.05) is 0 Å². The summed E-state index contributed by atoms with van der Waals surface area (Å²) in [6, 6.07) is 4.57. The highest BCUT2D eigenvalue weighted by molar-refractivity contribution is 5.95. The Balaban J connectivity index is 2.16. The molecule has 0 unspecified atom stereocenters. The van der Waals surface area contributed by atoms with E-state index in [4.69, 9.17) is 10.5 Å². The second-order valence-electron chi connectivity index (χ2n) is 4.72. The van der Waals surface area contributed by atoms with E-state index in [9.17, 15) is 9.18 Å². The number of nitrogens with two attached hydrogens (primary N) is 1. The van der Waals surface area contributed by atoms with Crippen molar-refractivity contribution in [2.75, 3.05) is 20.2 Å². The van der Waals surface area contributed by atoms with E-state index < -0.39 is 5.82 Å². The average Bonchev–Trinajstić information content (AvgIpc) is 3.23. The van der Waals surface area contributed by atoms with Crippen LogP contribution < -0.4 is 10.5 Å². The lowest BCUT2D eigenvalue weighted by Gasteiger charge is -2.22. The van der Waals surface area contributed by atoms with Crippen molar-refractivity contribution in [2.24, 2.45) is 5.73 Å². The number of carbonyl (C=O) groups is 1. The van der Waals surface area contributed by atoms with Gasteiger partial charge in [0.1, 0.15) is 11.6 Å². The van der Waals surface area contributed by atoms with Gasteiger partial charge >= 0.3 is 0 Å². The van der Waals surface area contributed by atoms with Gasteiger partial charge in [0.15, 0.2) is 0 Å². The smallest absolute Gasteiger partial charge is 0.257 e. The maximum atomic E-state index is 13.9. The largest absolute Gasteiger partial charge is 0.497 e. The Hall–Kier alpha value is -1.62. The number of halogens is 1. The summed E-state index contributed by atoms with van der Waals surface area (Å²) in [5, 5.41) is 0. The summed E-state index contributed by atoms with van der Waals surface area (Å²) in [7, 11) is 1.47. The van der Waals surface area contributed by atoms with Crippen molar-refractivity contribution >= 4 is 5.91 Å². The molecular weight excluding hydrogens is 247 g/mol. The molecule has 0 atom stereocenters. The Morgan fingerprint density at radius 3 is 2.79 bits per heavy atom. The highest BCUT2D eigenvalue weighted by Gasteiger charge is 2.33. The van der Waals surface area contributed by atoms with E-state index in [0.29, 0.717) is 18.8 Å². The predicted molar refractivity (Wildman–Crippen MR) is 70.7 cm³/mol. The molecule has 1 saturated carbocycles. The summed E-state index contributed by atoms with van der Waals surface area (Å²) in [6.45, 7) is 1.12. The Kier molecular flexibility index (Phi) is 4.37. The number of nitrogens with zero attached hydrogens (tertiary/aromatic N) is 1. The van der Waals surface area contributed by atoms with Crippen LogP contribution in [0.25, 0.3) is 0 Å². The maximum absolute atomic E-state index is 13.9. The van der Waals surface area contributed by atoms with Crippen molar-refractivity contribution in [3.8, 4) is 5.75 Å². The fraction of sp³-hybridized carbons (Fsp3) is 0.500. The molecule has 104 valence electrons. The molecule has 0 aliphatic heterocycles. The third kappa shape index (κ3) is 3.23. The number of ether oxygens (including phenoxy) is 1. The Morgan fingerprint density at radius 2 is 2.26 bits per heavy atom. The van der Waals surface area contributed by atoms with Gasteiger partial charge < -0.3 is 15.4 Å². The van der Waals surface area contributed by atoms with Crippen LogP contribution in [-0.4, -0.2) is 37.0 Å². The van der Waals surface area contributed by atoms with Gasteiger partial charge in [0.05, 0.1) is 12.7 Å². The normalized spacial score (nSPS) is 14.3. The number of methoxy groups -OCH3 is 1. The molecule has 1 aromatic rings. The first-order chi connectivity index (χ1) is 9.17. The van der Waals surface area contributed by atoms with E-state index in [-0.39, 0.29) is 17.5 Å². The molecular formula is C14H19FN2O2. The maximum Gasteiger partial charge on any atom is 0.257 e.